The minimum atomic E-state index is -0.214. The van der Waals surface area contributed by atoms with E-state index in [1.807, 2.05) is 35.7 Å². The molecule has 0 spiro atoms. The molecular formula is C25H26N2O3S. The molecule has 0 radical (unpaired) electrons. The standard InChI is InChI=1S/C25H26N2O3S/c1-25(2,3)17-7-5-16(6-8-17)18-9-10-21-22-19(11-14-31-22)20(15-27(21)24(18)29)23(28)26-12-13-30-4/h5-11,14-15H,12-13H2,1-4H3,(H,26,28). The molecular weight excluding hydrogens is 408 g/mol. The Morgan fingerprint density at radius 2 is 1.84 bits per heavy atom. The van der Waals surface area contributed by atoms with Crippen LogP contribution in [0.25, 0.3) is 26.7 Å². The van der Waals surface area contributed by atoms with Crippen LogP contribution in [0.2, 0.25) is 0 Å². The first-order valence-electron chi connectivity index (χ1n) is 10.2. The lowest BCUT2D eigenvalue weighted by Gasteiger charge is -2.19. The predicted octanol–water partition coefficient (Wildman–Crippen LogP) is 4.85. The van der Waals surface area contributed by atoms with Gasteiger partial charge in [0.25, 0.3) is 11.5 Å². The number of benzene rings is 1. The Hall–Kier alpha value is -2.96. The van der Waals surface area contributed by atoms with Gasteiger partial charge in [0, 0.05) is 30.8 Å². The Morgan fingerprint density at radius 1 is 1.10 bits per heavy atom. The molecule has 0 fully saturated rings. The molecule has 3 heterocycles. The third-order valence-corrected chi connectivity index (χ3v) is 6.40. The smallest absolute Gasteiger partial charge is 0.263 e. The van der Waals surface area contributed by atoms with Crippen molar-refractivity contribution in [2.24, 2.45) is 0 Å². The van der Waals surface area contributed by atoms with Gasteiger partial charge >= 0.3 is 0 Å². The number of nitrogens with zero attached hydrogens (tertiary/aromatic N) is 1. The van der Waals surface area contributed by atoms with Crippen molar-refractivity contribution >= 4 is 32.8 Å². The molecule has 5 nitrogen and oxygen atoms in total. The van der Waals surface area contributed by atoms with Gasteiger partial charge in [0.15, 0.2) is 0 Å². The van der Waals surface area contributed by atoms with Crippen LogP contribution < -0.4 is 10.9 Å². The zero-order chi connectivity index (χ0) is 22.2. The number of methoxy groups -OCH3 is 1. The second-order valence-electron chi connectivity index (χ2n) is 8.59. The summed E-state index contributed by atoms with van der Waals surface area (Å²) in [6, 6.07) is 13.9. The zero-order valence-corrected chi connectivity index (χ0v) is 19.0. The SMILES string of the molecule is COCCNC(=O)c1cn2c(=O)c(-c3ccc(C(C)(C)C)cc3)ccc2c2sccc12. The van der Waals surface area contributed by atoms with Crippen LogP contribution in [-0.2, 0) is 10.2 Å². The van der Waals surface area contributed by atoms with Crippen molar-refractivity contribution in [1.29, 1.82) is 0 Å². The number of hydrogen-bond donors (Lipinski definition) is 1. The van der Waals surface area contributed by atoms with Crippen LogP contribution in [0, 0.1) is 0 Å². The molecule has 0 aliphatic carbocycles. The summed E-state index contributed by atoms with van der Waals surface area (Å²) in [6.45, 7) is 7.34. The topological polar surface area (TPSA) is 59.8 Å². The quantitative estimate of drug-likeness (QED) is 0.457. The Kier molecular flexibility index (Phi) is 5.69. The largest absolute Gasteiger partial charge is 0.383 e. The zero-order valence-electron chi connectivity index (χ0n) is 18.2. The highest BCUT2D eigenvalue weighted by molar-refractivity contribution is 7.18. The third kappa shape index (κ3) is 4.01. The molecule has 6 heteroatoms. The van der Waals surface area contributed by atoms with E-state index in [-0.39, 0.29) is 16.9 Å². The van der Waals surface area contributed by atoms with E-state index in [2.05, 4.69) is 38.2 Å². The first-order chi connectivity index (χ1) is 14.8. The second-order valence-corrected chi connectivity index (χ2v) is 9.51. The van der Waals surface area contributed by atoms with E-state index in [4.69, 9.17) is 4.74 Å². The fourth-order valence-corrected chi connectivity index (χ4v) is 4.63. The minimum Gasteiger partial charge on any atom is -0.383 e. The van der Waals surface area contributed by atoms with Crippen LogP contribution in [0.15, 0.2) is 58.8 Å². The average Bonchev–Trinajstić information content (AvgIpc) is 3.23. The van der Waals surface area contributed by atoms with Crippen molar-refractivity contribution < 1.29 is 9.53 Å². The molecule has 0 aliphatic rings. The molecule has 3 aromatic heterocycles. The monoisotopic (exact) mass is 434 g/mol. The van der Waals surface area contributed by atoms with Crippen molar-refractivity contribution in [1.82, 2.24) is 9.72 Å². The first kappa shape index (κ1) is 21.3. The van der Waals surface area contributed by atoms with E-state index in [0.717, 1.165) is 21.2 Å². The van der Waals surface area contributed by atoms with Gasteiger partial charge in [-0.2, -0.15) is 0 Å². The Bertz CT molecular complexity index is 1310. The molecule has 0 atom stereocenters. The Morgan fingerprint density at radius 3 is 2.52 bits per heavy atom. The number of carbonyl (C=O) groups excluding carboxylic acids is 1. The summed E-state index contributed by atoms with van der Waals surface area (Å²) in [5, 5.41) is 5.65. The van der Waals surface area contributed by atoms with E-state index in [1.54, 1.807) is 17.7 Å². The van der Waals surface area contributed by atoms with Gasteiger partial charge < -0.3 is 10.1 Å². The lowest BCUT2D eigenvalue weighted by atomic mass is 9.86. The number of fused-ring (bicyclic) bond motifs is 3. The van der Waals surface area contributed by atoms with Gasteiger partial charge in [-0.15, -0.1) is 11.3 Å². The maximum absolute atomic E-state index is 13.4. The molecule has 0 saturated heterocycles. The fourth-order valence-electron chi connectivity index (χ4n) is 3.70. The summed E-state index contributed by atoms with van der Waals surface area (Å²) in [6.07, 6.45) is 1.65. The van der Waals surface area contributed by atoms with Gasteiger partial charge in [-0.25, -0.2) is 0 Å². The summed E-state index contributed by atoms with van der Waals surface area (Å²) in [4.78, 5) is 26.2. The molecule has 1 aromatic carbocycles. The number of amides is 1. The third-order valence-electron chi connectivity index (χ3n) is 5.46. The molecule has 31 heavy (non-hydrogen) atoms. The second kappa shape index (κ2) is 8.29. The highest BCUT2D eigenvalue weighted by atomic mass is 32.1. The highest BCUT2D eigenvalue weighted by Gasteiger charge is 2.17. The molecule has 160 valence electrons. The molecule has 0 saturated carbocycles. The van der Waals surface area contributed by atoms with Crippen LogP contribution in [0.5, 0.6) is 0 Å². The van der Waals surface area contributed by atoms with Gasteiger partial charge in [0.05, 0.1) is 22.4 Å². The summed E-state index contributed by atoms with van der Waals surface area (Å²) in [7, 11) is 1.59. The van der Waals surface area contributed by atoms with Crippen molar-refractivity contribution in [2.75, 3.05) is 20.3 Å². The van der Waals surface area contributed by atoms with Gasteiger partial charge in [-0.05, 0) is 40.1 Å². The molecule has 0 unspecified atom stereocenters. The minimum absolute atomic E-state index is 0.0484. The van der Waals surface area contributed by atoms with Gasteiger partial charge in [0.2, 0.25) is 0 Å². The fraction of sp³-hybridized carbons (Fsp3) is 0.280. The number of aromatic nitrogens is 1. The number of thiophene rings is 1. The lowest BCUT2D eigenvalue weighted by molar-refractivity contribution is 0.0938. The van der Waals surface area contributed by atoms with Crippen LogP contribution >= 0.6 is 11.3 Å². The van der Waals surface area contributed by atoms with Gasteiger partial charge in [-0.3, -0.25) is 14.0 Å². The van der Waals surface area contributed by atoms with E-state index in [9.17, 15) is 9.59 Å². The Balaban J connectivity index is 1.84. The van der Waals surface area contributed by atoms with Gasteiger partial charge in [-0.1, -0.05) is 45.0 Å². The van der Waals surface area contributed by atoms with Crippen LogP contribution in [0.4, 0.5) is 0 Å². The maximum Gasteiger partial charge on any atom is 0.263 e. The molecule has 4 rings (SSSR count). The van der Waals surface area contributed by atoms with Crippen molar-refractivity contribution in [3.63, 3.8) is 0 Å². The van der Waals surface area contributed by atoms with E-state index in [0.29, 0.717) is 24.3 Å². The van der Waals surface area contributed by atoms with Crippen molar-refractivity contribution in [2.45, 2.75) is 26.2 Å². The first-order valence-corrected chi connectivity index (χ1v) is 11.1. The van der Waals surface area contributed by atoms with E-state index in [1.165, 1.54) is 16.9 Å². The van der Waals surface area contributed by atoms with Gasteiger partial charge in [0.1, 0.15) is 0 Å². The summed E-state index contributed by atoms with van der Waals surface area (Å²) < 4.78 is 7.53. The molecule has 4 aromatic rings. The maximum atomic E-state index is 13.4. The normalized spacial score (nSPS) is 11.9. The van der Waals surface area contributed by atoms with Crippen molar-refractivity contribution in [3.05, 3.63) is 75.5 Å². The average molecular weight is 435 g/mol. The number of hydrogen-bond acceptors (Lipinski definition) is 4. The molecule has 1 amide bonds. The summed E-state index contributed by atoms with van der Waals surface area (Å²) in [5.74, 6) is -0.214. The van der Waals surface area contributed by atoms with Crippen LogP contribution in [-0.4, -0.2) is 30.6 Å². The number of nitrogens with one attached hydrogen (secondary N) is 1. The lowest BCUT2D eigenvalue weighted by Crippen LogP contribution is -2.28. The summed E-state index contributed by atoms with van der Waals surface area (Å²) in [5.41, 5.74) is 3.90. The van der Waals surface area contributed by atoms with Crippen LogP contribution in [0.3, 0.4) is 0 Å². The van der Waals surface area contributed by atoms with Crippen molar-refractivity contribution in [3.8, 4) is 11.1 Å². The predicted molar refractivity (Wildman–Crippen MR) is 127 cm³/mol. The number of carbonyl (C=O) groups is 1. The number of ether oxygens (including phenoxy) is 1. The highest BCUT2D eigenvalue weighted by Crippen LogP contribution is 2.30. The summed E-state index contributed by atoms with van der Waals surface area (Å²) >= 11 is 1.53. The molecule has 0 bridgehead atoms. The molecule has 1 N–H and O–H groups in total. The molecule has 0 aliphatic heterocycles. The number of rotatable bonds is 5. The van der Waals surface area contributed by atoms with E-state index >= 15 is 0 Å². The van der Waals surface area contributed by atoms with Crippen LogP contribution in [0.1, 0.15) is 36.7 Å². The Labute approximate surface area is 185 Å². The number of pyridine rings is 2. The van der Waals surface area contributed by atoms with E-state index < -0.39 is 0 Å².